The first kappa shape index (κ1) is 30.2. The molecule has 0 spiro atoms. The molecule has 2 aliphatic carbocycles. The lowest BCUT2D eigenvalue weighted by molar-refractivity contribution is -0.148. The van der Waals surface area contributed by atoms with Gasteiger partial charge >= 0.3 is 0 Å². The van der Waals surface area contributed by atoms with Gasteiger partial charge in [0, 0.05) is 26.2 Å². The van der Waals surface area contributed by atoms with E-state index in [0.717, 1.165) is 57.9 Å². The molecule has 8 nitrogen and oxygen atoms in total. The number of piperazine rings is 1. The number of amides is 3. The molecule has 1 heterocycles. The highest BCUT2D eigenvalue weighted by Gasteiger charge is 2.42. The molecule has 1 saturated heterocycles. The van der Waals surface area contributed by atoms with Crippen LogP contribution in [0.3, 0.4) is 0 Å². The number of hydrogen-bond acceptors (Lipinski definition) is 5. The standard InChI is InChI=1S/C34H47N5O3/c1-24(35-2)32(40)37-31(27-15-7-4-8-16-27)34(42)39-21-20-38(22-25-12-5-3-6-13-25)23-30(39)33(41)36-29-19-11-17-26-14-9-10-18-28(26)29/h3,5-6,9-10,12-14,18,24,27,29-31,35H,4,7-8,11,15-17,19-23H2,1-2H3,(H,36,41)(H,37,40)/t24-,29?,30-,31-/m0/s1. The lowest BCUT2D eigenvalue weighted by Gasteiger charge is -2.44. The van der Waals surface area contributed by atoms with Crippen molar-refractivity contribution in [2.45, 2.75) is 89.0 Å². The van der Waals surface area contributed by atoms with E-state index in [2.05, 4.69) is 51.2 Å². The third kappa shape index (κ3) is 7.21. The van der Waals surface area contributed by atoms with Crippen LogP contribution in [0.15, 0.2) is 54.6 Å². The van der Waals surface area contributed by atoms with Crippen LogP contribution in [0.2, 0.25) is 0 Å². The summed E-state index contributed by atoms with van der Waals surface area (Å²) in [5, 5.41) is 9.44. The van der Waals surface area contributed by atoms with Crippen molar-refractivity contribution in [3.05, 3.63) is 71.3 Å². The molecule has 3 amide bonds. The average Bonchev–Trinajstić information content (AvgIpc) is 3.03. The lowest BCUT2D eigenvalue weighted by Crippen LogP contribution is -2.65. The Bertz CT molecular complexity index is 1210. The van der Waals surface area contributed by atoms with Crippen molar-refractivity contribution in [2.75, 3.05) is 26.7 Å². The molecule has 226 valence electrons. The van der Waals surface area contributed by atoms with Crippen LogP contribution in [-0.4, -0.2) is 72.3 Å². The molecule has 42 heavy (non-hydrogen) atoms. The zero-order valence-electron chi connectivity index (χ0n) is 25.2. The van der Waals surface area contributed by atoms with E-state index in [1.807, 2.05) is 24.3 Å². The van der Waals surface area contributed by atoms with Crippen LogP contribution in [0.25, 0.3) is 0 Å². The average molecular weight is 574 g/mol. The molecule has 1 unspecified atom stereocenters. The van der Waals surface area contributed by atoms with Crippen LogP contribution in [0, 0.1) is 5.92 Å². The summed E-state index contributed by atoms with van der Waals surface area (Å²) in [6.07, 6.45) is 8.03. The minimum atomic E-state index is -0.631. The lowest BCUT2D eigenvalue weighted by atomic mass is 9.83. The molecule has 8 heteroatoms. The minimum absolute atomic E-state index is 0.0609. The monoisotopic (exact) mass is 573 g/mol. The summed E-state index contributed by atoms with van der Waals surface area (Å²) in [5.74, 6) is -0.332. The van der Waals surface area contributed by atoms with E-state index < -0.39 is 18.1 Å². The Morgan fingerprint density at radius 1 is 0.905 bits per heavy atom. The molecular formula is C34H47N5O3. The van der Waals surface area contributed by atoms with E-state index in [1.165, 1.54) is 16.7 Å². The number of nitrogens with zero attached hydrogens (tertiary/aromatic N) is 2. The third-order valence-electron chi connectivity index (χ3n) is 9.50. The maximum atomic E-state index is 14.4. The normalized spacial score (nSPS) is 23.0. The van der Waals surface area contributed by atoms with Crippen LogP contribution in [-0.2, 0) is 27.3 Å². The minimum Gasteiger partial charge on any atom is -0.347 e. The number of aryl methyl sites for hydroxylation is 1. The van der Waals surface area contributed by atoms with Crippen LogP contribution in [0.1, 0.15) is 74.6 Å². The van der Waals surface area contributed by atoms with Crippen molar-refractivity contribution in [1.29, 1.82) is 0 Å². The second-order valence-corrected chi connectivity index (χ2v) is 12.3. The number of benzene rings is 2. The SMILES string of the molecule is CN[C@@H](C)C(=O)N[C@H](C(=O)N1CCN(Cc2ccccc2)C[C@H]1C(=O)NC1CCCc2ccccc21)C1CCCCC1. The first-order valence-corrected chi connectivity index (χ1v) is 15.9. The van der Waals surface area contributed by atoms with Gasteiger partial charge in [0.1, 0.15) is 12.1 Å². The number of likely N-dealkylation sites (N-methyl/N-ethyl adjacent to an activating group) is 1. The van der Waals surface area contributed by atoms with Crippen LogP contribution in [0.4, 0.5) is 0 Å². The van der Waals surface area contributed by atoms with Crippen molar-refractivity contribution >= 4 is 17.7 Å². The molecule has 3 N–H and O–H groups in total. The maximum absolute atomic E-state index is 14.4. The highest BCUT2D eigenvalue weighted by Crippen LogP contribution is 2.31. The summed E-state index contributed by atoms with van der Waals surface area (Å²) in [6.45, 7) is 4.11. The first-order chi connectivity index (χ1) is 20.4. The van der Waals surface area contributed by atoms with Gasteiger partial charge in [0.05, 0.1) is 12.1 Å². The molecule has 4 atom stereocenters. The summed E-state index contributed by atoms with van der Waals surface area (Å²) in [6, 6.07) is 16.9. The zero-order valence-corrected chi connectivity index (χ0v) is 25.2. The van der Waals surface area contributed by atoms with E-state index in [1.54, 1.807) is 18.9 Å². The molecule has 0 radical (unpaired) electrons. The molecule has 2 fully saturated rings. The van der Waals surface area contributed by atoms with Gasteiger partial charge in [-0.05, 0) is 68.7 Å². The quantitative estimate of drug-likeness (QED) is 0.427. The van der Waals surface area contributed by atoms with E-state index in [-0.39, 0.29) is 29.7 Å². The number of hydrogen-bond donors (Lipinski definition) is 3. The van der Waals surface area contributed by atoms with Crippen LogP contribution in [0.5, 0.6) is 0 Å². The fraction of sp³-hybridized carbons (Fsp3) is 0.559. The van der Waals surface area contributed by atoms with Crippen LogP contribution >= 0.6 is 0 Å². The van der Waals surface area contributed by atoms with Gasteiger partial charge in [-0.2, -0.15) is 0 Å². The van der Waals surface area contributed by atoms with Crippen molar-refractivity contribution in [3.63, 3.8) is 0 Å². The second kappa shape index (κ2) is 14.3. The number of fused-ring (bicyclic) bond motifs is 1. The van der Waals surface area contributed by atoms with Gasteiger partial charge in [0.2, 0.25) is 17.7 Å². The molecule has 2 aromatic carbocycles. The molecule has 1 saturated carbocycles. The molecular weight excluding hydrogens is 526 g/mol. The molecule has 3 aliphatic rings. The fourth-order valence-corrected chi connectivity index (χ4v) is 6.92. The first-order valence-electron chi connectivity index (χ1n) is 15.9. The Balaban J connectivity index is 1.39. The molecule has 1 aliphatic heterocycles. The summed E-state index contributed by atoms with van der Waals surface area (Å²) in [7, 11) is 1.75. The van der Waals surface area contributed by atoms with Crippen molar-refractivity contribution in [1.82, 2.24) is 25.8 Å². The van der Waals surface area contributed by atoms with Gasteiger partial charge in [-0.25, -0.2) is 0 Å². The smallest absolute Gasteiger partial charge is 0.246 e. The zero-order chi connectivity index (χ0) is 29.5. The molecule has 0 bridgehead atoms. The highest BCUT2D eigenvalue weighted by atomic mass is 16.2. The Labute approximate surface area is 250 Å². The van der Waals surface area contributed by atoms with Crippen molar-refractivity contribution in [2.24, 2.45) is 5.92 Å². The number of rotatable bonds is 9. The van der Waals surface area contributed by atoms with Gasteiger partial charge in [-0.15, -0.1) is 0 Å². The Morgan fingerprint density at radius 3 is 2.40 bits per heavy atom. The fourth-order valence-electron chi connectivity index (χ4n) is 6.92. The largest absolute Gasteiger partial charge is 0.347 e. The third-order valence-corrected chi connectivity index (χ3v) is 9.50. The van der Waals surface area contributed by atoms with E-state index in [0.29, 0.717) is 19.6 Å². The molecule has 0 aromatic heterocycles. The second-order valence-electron chi connectivity index (χ2n) is 12.3. The van der Waals surface area contributed by atoms with E-state index in [4.69, 9.17) is 0 Å². The number of carbonyl (C=O) groups is 3. The number of carbonyl (C=O) groups excluding carboxylic acids is 3. The van der Waals surface area contributed by atoms with Crippen molar-refractivity contribution in [3.8, 4) is 0 Å². The Kier molecular flexibility index (Phi) is 10.3. The molecule has 2 aromatic rings. The Morgan fingerprint density at radius 2 is 1.64 bits per heavy atom. The summed E-state index contributed by atoms with van der Waals surface area (Å²) in [4.78, 5) is 45.6. The van der Waals surface area contributed by atoms with E-state index in [9.17, 15) is 14.4 Å². The maximum Gasteiger partial charge on any atom is 0.246 e. The van der Waals surface area contributed by atoms with Crippen LogP contribution < -0.4 is 16.0 Å². The summed E-state index contributed by atoms with van der Waals surface area (Å²) in [5.41, 5.74) is 3.65. The summed E-state index contributed by atoms with van der Waals surface area (Å²) >= 11 is 0. The van der Waals surface area contributed by atoms with Gasteiger partial charge in [0.25, 0.3) is 0 Å². The van der Waals surface area contributed by atoms with E-state index >= 15 is 0 Å². The number of nitrogens with one attached hydrogen (secondary N) is 3. The predicted octanol–water partition coefficient (Wildman–Crippen LogP) is 3.57. The van der Waals surface area contributed by atoms with Crippen molar-refractivity contribution < 1.29 is 14.4 Å². The molecule has 5 rings (SSSR count). The van der Waals surface area contributed by atoms with Gasteiger partial charge in [0.15, 0.2) is 0 Å². The topological polar surface area (TPSA) is 93.8 Å². The Hall–Kier alpha value is -3.23. The van der Waals surface area contributed by atoms with Gasteiger partial charge in [-0.3, -0.25) is 19.3 Å². The predicted molar refractivity (Wildman–Crippen MR) is 165 cm³/mol. The van der Waals surface area contributed by atoms with Gasteiger partial charge < -0.3 is 20.9 Å². The highest BCUT2D eigenvalue weighted by molar-refractivity contribution is 5.93. The summed E-state index contributed by atoms with van der Waals surface area (Å²) < 4.78 is 0. The van der Waals surface area contributed by atoms with Gasteiger partial charge in [-0.1, -0.05) is 73.9 Å².